The van der Waals surface area contributed by atoms with Gasteiger partial charge in [0.2, 0.25) is 11.8 Å². The van der Waals surface area contributed by atoms with E-state index in [1.165, 1.54) is 31.4 Å². The van der Waals surface area contributed by atoms with Crippen molar-refractivity contribution in [3.8, 4) is 34.8 Å². The number of rotatable bonds is 13. The Kier molecular flexibility index (Phi) is 14.5. The molecule has 0 saturated carbocycles. The highest BCUT2D eigenvalue weighted by molar-refractivity contribution is 6.23. The molecule has 2 saturated heterocycles. The summed E-state index contributed by atoms with van der Waals surface area (Å²) < 4.78 is 35.9. The number of hydrogen-bond donors (Lipinski definition) is 1. The second-order valence-corrected chi connectivity index (χ2v) is 19.7. The van der Waals surface area contributed by atoms with Gasteiger partial charge in [-0.15, -0.1) is 0 Å². The van der Waals surface area contributed by atoms with E-state index in [0.717, 1.165) is 16.0 Å². The van der Waals surface area contributed by atoms with Gasteiger partial charge in [-0.05, 0) is 113 Å². The number of esters is 1. The van der Waals surface area contributed by atoms with Gasteiger partial charge in [0, 0.05) is 41.9 Å². The number of carbonyl (C=O) groups excluding carboxylic acids is 4. The van der Waals surface area contributed by atoms with Crippen LogP contribution in [-0.2, 0) is 48.8 Å². The number of aliphatic hydroxyl groups excluding tert-OH is 1. The number of amides is 3. The Morgan fingerprint density at radius 1 is 0.738 bits per heavy atom. The minimum absolute atomic E-state index is 0.0495. The van der Waals surface area contributed by atoms with E-state index in [1.54, 1.807) is 85.8 Å². The number of carbonyl (C=O) groups is 4. The fourth-order valence-corrected chi connectivity index (χ4v) is 11.9. The zero-order valence-electron chi connectivity index (χ0n) is 43.9. The molecule has 3 amide bonds. The van der Waals surface area contributed by atoms with Gasteiger partial charge in [-0.3, -0.25) is 29.4 Å². The second kappa shape index (κ2) is 22.1. The highest BCUT2D eigenvalue weighted by Gasteiger charge is 2.76. The average molecular weight is 1080 g/mol. The summed E-state index contributed by atoms with van der Waals surface area (Å²) in [6, 6.07) is 43.2. The Morgan fingerprint density at radius 3 is 2.06 bits per heavy atom. The van der Waals surface area contributed by atoms with Crippen molar-refractivity contribution in [1.29, 1.82) is 0 Å². The van der Waals surface area contributed by atoms with E-state index in [4.69, 9.17) is 28.4 Å². The van der Waals surface area contributed by atoms with Gasteiger partial charge in [0.05, 0.1) is 56.5 Å². The minimum Gasteiger partial charge on any atom is -0.497 e. The number of non-ortho nitro benzene ring substituents is 1. The maximum Gasteiger partial charge on any atom is 0.421 e. The van der Waals surface area contributed by atoms with E-state index in [1.807, 2.05) is 77.7 Å². The highest BCUT2D eigenvalue weighted by Crippen LogP contribution is 2.67. The monoisotopic (exact) mass is 1070 g/mol. The summed E-state index contributed by atoms with van der Waals surface area (Å²) >= 11 is 0. The van der Waals surface area contributed by atoms with Crippen molar-refractivity contribution in [3.05, 3.63) is 224 Å². The molecule has 0 unspecified atom stereocenters. The van der Waals surface area contributed by atoms with Crippen LogP contribution >= 0.6 is 0 Å². The first kappa shape index (κ1) is 52.5. The molecule has 11 rings (SSSR count). The molecule has 7 aromatic carbocycles. The first-order valence-electron chi connectivity index (χ1n) is 26.0. The third-order valence-electron chi connectivity index (χ3n) is 15.5. The summed E-state index contributed by atoms with van der Waals surface area (Å²) in [6.07, 6.45) is -1.74. The molecule has 17 heteroatoms. The van der Waals surface area contributed by atoms with E-state index >= 15 is 19.2 Å². The fraction of sp³-hybridized carbons (Fsp3) is 0.238. The SMILES string of the molecule is COc1ccc(C#Cc2ccc3c(c2)[C@]2(C(=O)N3C(=O)OCc3ccc([N+](=O)[O-])cc3)[C@H](C(=O)N3CCc4cc(OC)c(OC)cc4C3)[C@H]3C(=O)O[C@H](c4ccccc4)[C@H](c4ccccc4)N3[C@@H]2c2ccccc2OCCO)cc1. The number of para-hydroxylation sites is 1. The van der Waals surface area contributed by atoms with Crippen LogP contribution in [0.25, 0.3) is 0 Å². The molecule has 0 aromatic heterocycles. The van der Waals surface area contributed by atoms with E-state index in [0.29, 0.717) is 57.1 Å². The highest BCUT2D eigenvalue weighted by atomic mass is 16.6. The molecule has 4 heterocycles. The maximum atomic E-state index is 17.1. The van der Waals surface area contributed by atoms with E-state index in [9.17, 15) is 15.2 Å². The van der Waals surface area contributed by atoms with Crippen LogP contribution in [0, 0.1) is 27.9 Å². The largest absolute Gasteiger partial charge is 0.497 e. The topological polar surface area (TPSA) is 197 Å². The normalized spacial score (nSPS) is 20.8. The van der Waals surface area contributed by atoms with Crippen molar-refractivity contribution >= 4 is 35.3 Å². The number of methoxy groups -OCH3 is 3. The Labute approximate surface area is 460 Å². The molecule has 0 bridgehead atoms. The first-order chi connectivity index (χ1) is 39.0. The van der Waals surface area contributed by atoms with Crippen LogP contribution < -0.4 is 23.8 Å². The molecule has 0 aliphatic carbocycles. The van der Waals surface area contributed by atoms with Crippen molar-refractivity contribution in [2.45, 2.75) is 49.2 Å². The molecule has 4 aliphatic rings. The molecule has 17 nitrogen and oxygen atoms in total. The van der Waals surface area contributed by atoms with Gasteiger partial charge >= 0.3 is 12.1 Å². The van der Waals surface area contributed by atoms with Gasteiger partial charge in [-0.2, -0.15) is 0 Å². The zero-order chi connectivity index (χ0) is 55.7. The van der Waals surface area contributed by atoms with Gasteiger partial charge in [0.25, 0.3) is 5.69 Å². The number of cyclic esters (lactones) is 1. The first-order valence-corrected chi connectivity index (χ1v) is 26.0. The quantitative estimate of drug-likeness (QED) is 0.0497. The summed E-state index contributed by atoms with van der Waals surface area (Å²) in [6.45, 7) is -0.701. The molecule has 0 radical (unpaired) electrons. The van der Waals surface area contributed by atoms with Crippen molar-refractivity contribution in [2.75, 3.05) is 46.0 Å². The van der Waals surface area contributed by atoms with Crippen molar-refractivity contribution < 1.29 is 57.6 Å². The Bertz CT molecular complexity index is 3590. The smallest absolute Gasteiger partial charge is 0.421 e. The molecule has 4 aliphatic heterocycles. The number of imide groups is 1. The Balaban J connectivity index is 1.18. The molecule has 1 spiro atoms. The third-order valence-corrected chi connectivity index (χ3v) is 15.5. The van der Waals surface area contributed by atoms with Gasteiger partial charge in [-0.25, -0.2) is 9.69 Å². The summed E-state index contributed by atoms with van der Waals surface area (Å²) in [7, 11) is 4.64. The molecule has 6 atom stereocenters. The predicted octanol–water partition coefficient (Wildman–Crippen LogP) is 8.98. The number of ether oxygens (including phenoxy) is 6. The van der Waals surface area contributed by atoms with E-state index in [-0.39, 0.29) is 49.0 Å². The molecule has 80 heavy (non-hydrogen) atoms. The minimum atomic E-state index is -2.21. The number of fused-ring (bicyclic) bond motifs is 4. The summed E-state index contributed by atoms with van der Waals surface area (Å²) in [5.74, 6) is 4.44. The molecule has 1 N–H and O–H groups in total. The van der Waals surface area contributed by atoms with Gasteiger partial charge in [-0.1, -0.05) is 90.7 Å². The standard InChI is InChI=1S/C63H54N4O13/c1-75-47-27-22-39(23-28-47)18-19-40-24-29-50-49(34-40)63(61(71)65(50)62(72)79-38-41-20-25-46(26-21-41)67(73)74)54(59(69)64-31-30-44-35-52(76-2)53(77-3)36-45(44)37-64)56-60(70)80-57(43-14-8-5-9-15-43)55(42-12-6-4-7-13-42)66(56)58(63)48-16-10-11-17-51(48)78-33-32-68/h4-17,20-29,34-36,54-58,68H,30-33,37-38H2,1-3H3/t54-,55-,56-,57+,58+,63-/m0/s1. The summed E-state index contributed by atoms with van der Waals surface area (Å²) in [5, 5.41) is 21.8. The van der Waals surface area contributed by atoms with Crippen molar-refractivity contribution in [3.63, 3.8) is 0 Å². The predicted molar refractivity (Wildman–Crippen MR) is 292 cm³/mol. The van der Waals surface area contributed by atoms with Crippen LogP contribution in [0.3, 0.4) is 0 Å². The number of aliphatic hydroxyl groups is 1. The van der Waals surface area contributed by atoms with Crippen LogP contribution in [0.1, 0.15) is 68.3 Å². The summed E-state index contributed by atoms with van der Waals surface area (Å²) in [5.41, 5.74) is 2.72. The maximum absolute atomic E-state index is 17.1. The van der Waals surface area contributed by atoms with Crippen molar-refractivity contribution in [2.24, 2.45) is 5.92 Å². The fourth-order valence-electron chi connectivity index (χ4n) is 11.9. The summed E-state index contributed by atoms with van der Waals surface area (Å²) in [4.78, 5) is 80.3. The lowest BCUT2D eigenvalue weighted by Gasteiger charge is -2.46. The Hall–Kier alpha value is -9.50. The molecule has 404 valence electrons. The molecule has 7 aromatic rings. The lowest BCUT2D eigenvalue weighted by Crippen LogP contribution is -2.57. The van der Waals surface area contributed by atoms with Gasteiger partial charge in [0.15, 0.2) is 11.5 Å². The average Bonchev–Trinajstić information content (AvgIpc) is 2.98. The van der Waals surface area contributed by atoms with Gasteiger partial charge in [0.1, 0.15) is 42.3 Å². The molecular weight excluding hydrogens is 1020 g/mol. The molecular formula is C63H54N4O13. The van der Waals surface area contributed by atoms with Crippen LogP contribution in [0.5, 0.6) is 23.0 Å². The lowest BCUT2D eigenvalue weighted by atomic mass is 9.64. The number of morpholine rings is 1. The Morgan fingerprint density at radius 2 is 1.39 bits per heavy atom. The number of hydrogen-bond acceptors (Lipinski definition) is 14. The zero-order valence-corrected chi connectivity index (χ0v) is 43.9. The van der Waals surface area contributed by atoms with Crippen LogP contribution in [0.15, 0.2) is 164 Å². The molecule has 2 fully saturated rings. The number of nitro groups is 1. The van der Waals surface area contributed by atoms with Gasteiger partial charge < -0.3 is 38.4 Å². The number of benzene rings is 7. The van der Waals surface area contributed by atoms with E-state index < -0.39 is 71.0 Å². The van der Waals surface area contributed by atoms with Crippen LogP contribution in [-0.4, -0.2) is 90.8 Å². The number of anilines is 1. The second-order valence-electron chi connectivity index (χ2n) is 19.7. The lowest BCUT2D eigenvalue weighted by molar-refractivity contribution is -0.384. The van der Waals surface area contributed by atoms with Crippen LogP contribution in [0.2, 0.25) is 0 Å². The number of nitrogens with zero attached hydrogens (tertiary/aromatic N) is 4. The third kappa shape index (κ3) is 9.27. The van der Waals surface area contributed by atoms with Crippen molar-refractivity contribution in [1.82, 2.24) is 9.80 Å². The van der Waals surface area contributed by atoms with Crippen LogP contribution in [0.4, 0.5) is 16.2 Å². The van der Waals surface area contributed by atoms with E-state index in [2.05, 4.69) is 11.8 Å². The number of nitro benzene ring substituents is 1.